The smallest absolute Gasteiger partial charge is 0.262 e. The molecule has 1 aromatic heterocycles. The van der Waals surface area contributed by atoms with Crippen LogP contribution in [0, 0.1) is 0 Å². The summed E-state index contributed by atoms with van der Waals surface area (Å²) in [4.78, 5) is 12.2. The van der Waals surface area contributed by atoms with Crippen LogP contribution in [0.15, 0.2) is 15.9 Å². The van der Waals surface area contributed by atoms with Gasteiger partial charge in [-0.15, -0.1) is 11.3 Å². The third-order valence-corrected chi connectivity index (χ3v) is 3.51. The normalized spacial score (nSPS) is 12.5. The maximum atomic E-state index is 11.5. The van der Waals surface area contributed by atoms with Crippen LogP contribution in [0.2, 0.25) is 0 Å². The van der Waals surface area contributed by atoms with Crippen molar-refractivity contribution >= 4 is 33.2 Å². The molecule has 3 nitrogen and oxygen atoms in total. The monoisotopic (exact) mass is 277 g/mol. The third kappa shape index (κ3) is 3.40. The zero-order valence-corrected chi connectivity index (χ0v) is 10.2. The van der Waals surface area contributed by atoms with E-state index < -0.39 is 0 Å². The van der Waals surface area contributed by atoms with Gasteiger partial charge in [-0.05, 0) is 40.7 Å². The lowest BCUT2D eigenvalue weighted by Crippen LogP contribution is -2.25. The Balaban J connectivity index is 2.40. The maximum Gasteiger partial charge on any atom is 0.262 e. The Bertz CT molecular complexity index is 312. The highest BCUT2D eigenvalue weighted by Crippen LogP contribution is 2.22. The summed E-state index contributed by atoms with van der Waals surface area (Å²) in [6.45, 7) is 2.20. The predicted molar refractivity (Wildman–Crippen MR) is 60.7 cm³/mol. The van der Waals surface area contributed by atoms with Gasteiger partial charge in [-0.3, -0.25) is 4.79 Å². The highest BCUT2D eigenvalue weighted by atomic mass is 79.9. The van der Waals surface area contributed by atoms with Crippen LogP contribution in [-0.2, 0) is 0 Å². The Hall–Kier alpha value is -0.390. The summed E-state index contributed by atoms with van der Waals surface area (Å²) in [5.41, 5.74) is 0. The largest absolute Gasteiger partial charge is 0.393 e. The first-order chi connectivity index (χ1) is 6.61. The number of rotatable bonds is 4. The average Bonchev–Trinajstić information content (AvgIpc) is 2.50. The summed E-state index contributed by atoms with van der Waals surface area (Å²) in [5, 5.41) is 13.6. The second-order valence-corrected chi connectivity index (χ2v) is 4.76. The van der Waals surface area contributed by atoms with Gasteiger partial charge < -0.3 is 10.4 Å². The number of carbonyl (C=O) groups excluding carboxylic acids is 1. The lowest BCUT2D eigenvalue weighted by Gasteiger charge is -2.05. The van der Waals surface area contributed by atoms with E-state index in [1.165, 1.54) is 11.3 Å². The first-order valence-electron chi connectivity index (χ1n) is 4.30. The van der Waals surface area contributed by atoms with Crippen molar-refractivity contribution in [3.05, 3.63) is 20.8 Å². The summed E-state index contributed by atoms with van der Waals surface area (Å²) >= 11 is 4.68. The van der Waals surface area contributed by atoms with Gasteiger partial charge in [-0.2, -0.15) is 0 Å². The van der Waals surface area contributed by atoms with E-state index in [2.05, 4.69) is 21.2 Å². The molecule has 14 heavy (non-hydrogen) atoms. The Kier molecular flexibility index (Phi) is 4.57. The van der Waals surface area contributed by atoms with E-state index in [0.29, 0.717) is 17.8 Å². The SMILES string of the molecule is CC(O)CCNC(=O)c1sccc1Br. The second-order valence-electron chi connectivity index (χ2n) is 2.99. The van der Waals surface area contributed by atoms with Crippen molar-refractivity contribution in [2.75, 3.05) is 6.54 Å². The number of aliphatic hydroxyl groups excluding tert-OH is 1. The average molecular weight is 278 g/mol. The molecule has 1 heterocycles. The Labute approximate surface area is 95.3 Å². The number of carbonyl (C=O) groups is 1. The maximum absolute atomic E-state index is 11.5. The molecule has 1 rings (SSSR count). The van der Waals surface area contributed by atoms with Crippen LogP contribution in [0.25, 0.3) is 0 Å². The molecule has 0 radical (unpaired) electrons. The van der Waals surface area contributed by atoms with E-state index in [9.17, 15) is 4.79 Å². The Morgan fingerprint density at radius 2 is 2.50 bits per heavy atom. The molecule has 2 N–H and O–H groups in total. The fourth-order valence-corrected chi connectivity index (χ4v) is 2.40. The molecule has 1 aromatic rings. The van der Waals surface area contributed by atoms with Gasteiger partial charge in [0.05, 0.1) is 6.10 Å². The van der Waals surface area contributed by atoms with E-state index in [4.69, 9.17) is 5.11 Å². The van der Waals surface area contributed by atoms with Crippen molar-refractivity contribution in [1.82, 2.24) is 5.32 Å². The minimum Gasteiger partial charge on any atom is -0.393 e. The van der Waals surface area contributed by atoms with Crippen molar-refractivity contribution in [1.29, 1.82) is 0 Å². The van der Waals surface area contributed by atoms with Crippen LogP contribution in [0.3, 0.4) is 0 Å². The highest BCUT2D eigenvalue weighted by molar-refractivity contribution is 9.10. The minimum atomic E-state index is -0.373. The molecule has 0 fully saturated rings. The van der Waals surface area contributed by atoms with Crippen LogP contribution in [0.1, 0.15) is 23.0 Å². The molecular weight excluding hydrogens is 266 g/mol. The van der Waals surface area contributed by atoms with Crippen LogP contribution in [0.5, 0.6) is 0 Å². The summed E-state index contributed by atoms with van der Waals surface area (Å²) in [5.74, 6) is -0.0903. The minimum absolute atomic E-state index is 0.0903. The summed E-state index contributed by atoms with van der Waals surface area (Å²) in [6, 6.07) is 1.84. The van der Waals surface area contributed by atoms with E-state index in [0.717, 1.165) is 4.47 Å². The second kappa shape index (κ2) is 5.48. The number of hydrogen-bond acceptors (Lipinski definition) is 3. The van der Waals surface area contributed by atoms with Crippen LogP contribution in [0.4, 0.5) is 0 Å². The molecule has 0 saturated heterocycles. The van der Waals surface area contributed by atoms with Crippen molar-refractivity contribution in [3.8, 4) is 0 Å². The first-order valence-corrected chi connectivity index (χ1v) is 5.97. The number of aliphatic hydroxyl groups is 1. The molecule has 0 saturated carbocycles. The molecule has 0 bridgehead atoms. The van der Waals surface area contributed by atoms with E-state index in [1.54, 1.807) is 6.92 Å². The van der Waals surface area contributed by atoms with Crippen molar-refractivity contribution in [2.45, 2.75) is 19.4 Å². The lowest BCUT2D eigenvalue weighted by molar-refractivity contribution is 0.0949. The van der Waals surface area contributed by atoms with Crippen LogP contribution < -0.4 is 5.32 Å². The molecule has 0 aliphatic carbocycles. The number of amides is 1. The van der Waals surface area contributed by atoms with Gasteiger partial charge in [0.15, 0.2) is 0 Å². The number of nitrogens with one attached hydrogen (secondary N) is 1. The summed E-state index contributed by atoms with van der Waals surface area (Å²) in [6.07, 6.45) is 0.205. The summed E-state index contributed by atoms with van der Waals surface area (Å²) in [7, 11) is 0. The zero-order valence-electron chi connectivity index (χ0n) is 7.79. The molecule has 0 aliphatic rings. The molecule has 1 amide bonds. The van der Waals surface area contributed by atoms with Gasteiger partial charge in [-0.25, -0.2) is 0 Å². The molecule has 0 aliphatic heterocycles. The molecule has 0 aromatic carbocycles. The van der Waals surface area contributed by atoms with Gasteiger partial charge in [0.25, 0.3) is 5.91 Å². The number of hydrogen-bond donors (Lipinski definition) is 2. The predicted octanol–water partition coefficient (Wildman–Crippen LogP) is 2.01. The standard InChI is InChI=1S/C9H12BrNO2S/c1-6(12)2-4-11-9(13)8-7(10)3-5-14-8/h3,5-6,12H,2,4H2,1H3,(H,11,13). The van der Waals surface area contributed by atoms with Crippen LogP contribution in [-0.4, -0.2) is 23.7 Å². The van der Waals surface area contributed by atoms with Crippen molar-refractivity contribution in [2.24, 2.45) is 0 Å². The lowest BCUT2D eigenvalue weighted by atomic mass is 10.3. The summed E-state index contributed by atoms with van der Waals surface area (Å²) < 4.78 is 0.817. The zero-order chi connectivity index (χ0) is 10.6. The van der Waals surface area contributed by atoms with E-state index in [-0.39, 0.29) is 12.0 Å². The van der Waals surface area contributed by atoms with Crippen molar-refractivity contribution < 1.29 is 9.90 Å². The quantitative estimate of drug-likeness (QED) is 0.885. The van der Waals surface area contributed by atoms with Gasteiger partial charge in [-0.1, -0.05) is 0 Å². The topological polar surface area (TPSA) is 49.3 Å². The molecule has 0 spiro atoms. The van der Waals surface area contributed by atoms with Gasteiger partial charge in [0.2, 0.25) is 0 Å². The third-order valence-electron chi connectivity index (χ3n) is 1.67. The Morgan fingerprint density at radius 1 is 1.79 bits per heavy atom. The van der Waals surface area contributed by atoms with Crippen molar-refractivity contribution in [3.63, 3.8) is 0 Å². The Morgan fingerprint density at radius 3 is 3.00 bits per heavy atom. The fourth-order valence-electron chi connectivity index (χ4n) is 0.931. The van der Waals surface area contributed by atoms with Gasteiger partial charge in [0.1, 0.15) is 4.88 Å². The molecule has 1 unspecified atom stereocenters. The first kappa shape index (κ1) is 11.7. The highest BCUT2D eigenvalue weighted by Gasteiger charge is 2.10. The van der Waals surface area contributed by atoms with E-state index >= 15 is 0 Å². The molecule has 1 atom stereocenters. The molecule has 78 valence electrons. The number of halogens is 1. The fraction of sp³-hybridized carbons (Fsp3) is 0.444. The van der Waals surface area contributed by atoms with Gasteiger partial charge in [0, 0.05) is 11.0 Å². The molecular formula is C9H12BrNO2S. The van der Waals surface area contributed by atoms with Gasteiger partial charge >= 0.3 is 0 Å². The van der Waals surface area contributed by atoms with Crippen LogP contribution >= 0.6 is 27.3 Å². The van der Waals surface area contributed by atoms with E-state index in [1.807, 2.05) is 11.4 Å². The molecule has 5 heteroatoms. The number of thiophene rings is 1.